The molecule has 1 unspecified atom stereocenters. The van der Waals surface area contributed by atoms with Crippen LogP contribution in [-0.2, 0) is 52.9 Å². The Labute approximate surface area is 213 Å². The Morgan fingerprint density at radius 1 is 1.08 bits per heavy atom. The fourth-order valence-corrected chi connectivity index (χ4v) is 5.55. The van der Waals surface area contributed by atoms with Crippen LogP contribution in [0.25, 0.3) is 0 Å². The van der Waals surface area contributed by atoms with Crippen molar-refractivity contribution in [3.8, 4) is 0 Å². The summed E-state index contributed by atoms with van der Waals surface area (Å²) in [6.07, 6.45) is -6.30. The Balaban J connectivity index is 2.84. The van der Waals surface area contributed by atoms with E-state index in [1.54, 1.807) is 13.0 Å². The second-order valence-electron chi connectivity index (χ2n) is 8.43. The molecule has 1 aromatic carbocycles. The molecule has 0 saturated carbocycles. The minimum atomic E-state index is -4.43. The highest BCUT2D eigenvalue weighted by Gasteiger charge is 2.70. The number of methoxy groups -OCH3 is 1. The van der Waals surface area contributed by atoms with Crippen molar-refractivity contribution >= 4 is 33.9 Å². The number of carbonyl (C=O) groups is 4. The molecule has 0 bridgehead atoms. The number of nitrogens with one attached hydrogen (secondary N) is 1. The molecule has 1 aliphatic rings. The topological polar surface area (TPSA) is 161 Å². The number of ether oxygens (including phenoxy) is 5. The Hall–Kier alpha value is -3.10. The van der Waals surface area contributed by atoms with E-state index in [0.29, 0.717) is 0 Å². The van der Waals surface area contributed by atoms with E-state index in [2.05, 4.69) is 9.46 Å². The molecule has 12 nitrogen and oxygen atoms in total. The minimum absolute atomic E-state index is 0.0410. The third kappa shape index (κ3) is 6.25. The predicted molar refractivity (Wildman–Crippen MR) is 123 cm³/mol. The number of carbonyl (C=O) groups excluding carboxylic acids is 4. The van der Waals surface area contributed by atoms with Gasteiger partial charge in [-0.25, -0.2) is 22.3 Å². The van der Waals surface area contributed by atoms with E-state index in [4.69, 9.17) is 18.9 Å². The van der Waals surface area contributed by atoms with Gasteiger partial charge in [-0.3, -0.25) is 14.4 Å². The molecule has 37 heavy (non-hydrogen) atoms. The number of rotatable bonds is 9. The average molecular weight is 548 g/mol. The van der Waals surface area contributed by atoms with Crippen LogP contribution in [0.1, 0.15) is 41.0 Å². The molecule has 1 heterocycles. The molecule has 0 radical (unpaired) electrons. The van der Waals surface area contributed by atoms with E-state index < -0.39 is 69.7 Å². The van der Waals surface area contributed by atoms with E-state index in [9.17, 15) is 27.6 Å². The summed E-state index contributed by atoms with van der Waals surface area (Å²) >= 11 is 0. The SMILES string of the molecule is CC[C@@H](OC(C)=O)[C@@]1(C)O[C@@](OC(C)=O)(C(=O)OC)C(F)[C@@H](OC(C)=O)[C@H]1NS(=O)(=O)c1ccccc1. The summed E-state index contributed by atoms with van der Waals surface area (Å²) in [6, 6.07) is 5.20. The Kier molecular flexibility index (Phi) is 9.38. The van der Waals surface area contributed by atoms with Crippen LogP contribution in [0.2, 0.25) is 0 Å². The number of alkyl halides is 1. The maximum absolute atomic E-state index is 16.2. The van der Waals surface area contributed by atoms with Crippen LogP contribution < -0.4 is 4.72 Å². The first-order valence-electron chi connectivity index (χ1n) is 11.2. The molecule has 0 spiro atoms. The number of sulfonamides is 1. The van der Waals surface area contributed by atoms with Gasteiger partial charge in [-0.1, -0.05) is 25.1 Å². The molecule has 0 aromatic heterocycles. The normalized spacial score (nSPS) is 28.5. The van der Waals surface area contributed by atoms with Crippen LogP contribution in [0.4, 0.5) is 4.39 Å². The third-order valence-corrected chi connectivity index (χ3v) is 7.15. The van der Waals surface area contributed by atoms with Crippen molar-refractivity contribution in [1.29, 1.82) is 0 Å². The molecule has 1 saturated heterocycles. The zero-order chi connectivity index (χ0) is 28.2. The van der Waals surface area contributed by atoms with Crippen LogP contribution in [0, 0.1) is 0 Å². The first kappa shape index (κ1) is 30.1. The molecule has 2 rings (SSSR count). The molecule has 1 N–H and O–H groups in total. The molecule has 206 valence electrons. The van der Waals surface area contributed by atoms with Gasteiger partial charge in [-0.05, 0) is 25.5 Å². The second-order valence-corrected chi connectivity index (χ2v) is 10.1. The van der Waals surface area contributed by atoms with Gasteiger partial charge in [0.15, 0.2) is 6.10 Å². The molecule has 0 aliphatic carbocycles. The van der Waals surface area contributed by atoms with Crippen LogP contribution >= 0.6 is 0 Å². The molecule has 14 heteroatoms. The summed E-state index contributed by atoms with van der Waals surface area (Å²) < 4.78 is 71.0. The smallest absolute Gasteiger partial charge is 0.383 e. The zero-order valence-corrected chi connectivity index (χ0v) is 22.0. The zero-order valence-electron chi connectivity index (χ0n) is 21.2. The molecule has 0 amide bonds. The van der Waals surface area contributed by atoms with Gasteiger partial charge < -0.3 is 23.7 Å². The lowest BCUT2D eigenvalue weighted by molar-refractivity contribution is -0.349. The third-order valence-electron chi connectivity index (χ3n) is 5.69. The van der Waals surface area contributed by atoms with Crippen molar-refractivity contribution in [3.63, 3.8) is 0 Å². The number of esters is 4. The van der Waals surface area contributed by atoms with Gasteiger partial charge in [-0.2, -0.15) is 0 Å². The summed E-state index contributed by atoms with van der Waals surface area (Å²) in [5, 5.41) is 0. The van der Waals surface area contributed by atoms with Crippen LogP contribution in [0.3, 0.4) is 0 Å². The van der Waals surface area contributed by atoms with Crippen LogP contribution in [-0.4, -0.2) is 75.2 Å². The lowest BCUT2D eigenvalue weighted by Crippen LogP contribution is -2.78. The maximum atomic E-state index is 16.2. The molecular weight excluding hydrogens is 517 g/mol. The highest BCUT2D eigenvalue weighted by molar-refractivity contribution is 7.89. The van der Waals surface area contributed by atoms with Crippen molar-refractivity contribution in [2.24, 2.45) is 0 Å². The summed E-state index contributed by atoms with van der Waals surface area (Å²) in [4.78, 5) is 48.5. The second kappa shape index (κ2) is 11.5. The molecular formula is C23H30FNO11S. The van der Waals surface area contributed by atoms with E-state index in [0.717, 1.165) is 27.9 Å². The predicted octanol–water partition coefficient (Wildman–Crippen LogP) is 1.17. The van der Waals surface area contributed by atoms with Gasteiger partial charge in [0.2, 0.25) is 16.2 Å². The fraction of sp³-hybridized carbons (Fsp3) is 0.565. The number of benzene rings is 1. The van der Waals surface area contributed by atoms with Crippen molar-refractivity contribution < 1.29 is 55.7 Å². The van der Waals surface area contributed by atoms with Gasteiger partial charge in [0, 0.05) is 20.8 Å². The molecule has 6 atom stereocenters. The van der Waals surface area contributed by atoms with Gasteiger partial charge in [0.1, 0.15) is 11.7 Å². The fourth-order valence-electron chi connectivity index (χ4n) is 4.20. The molecule has 1 fully saturated rings. The van der Waals surface area contributed by atoms with Gasteiger partial charge in [0.25, 0.3) is 0 Å². The molecule has 1 aromatic rings. The average Bonchev–Trinajstić information content (AvgIpc) is 2.82. The first-order chi connectivity index (χ1) is 17.1. The summed E-state index contributed by atoms with van der Waals surface area (Å²) in [7, 11) is -3.56. The highest BCUT2D eigenvalue weighted by Crippen LogP contribution is 2.44. The van der Waals surface area contributed by atoms with Crippen molar-refractivity contribution in [2.75, 3.05) is 7.11 Å². The summed E-state index contributed by atoms with van der Waals surface area (Å²) in [5.41, 5.74) is -2.16. The minimum Gasteiger partial charge on any atom is -0.464 e. The van der Waals surface area contributed by atoms with Crippen LogP contribution in [0.15, 0.2) is 35.2 Å². The summed E-state index contributed by atoms with van der Waals surface area (Å²) in [6.45, 7) is 5.60. The van der Waals surface area contributed by atoms with E-state index >= 15 is 4.39 Å². The lowest BCUT2D eigenvalue weighted by Gasteiger charge is -2.54. The monoisotopic (exact) mass is 547 g/mol. The van der Waals surface area contributed by atoms with Gasteiger partial charge in [0.05, 0.1) is 18.0 Å². The largest absolute Gasteiger partial charge is 0.464 e. The molecule has 1 aliphatic heterocycles. The van der Waals surface area contributed by atoms with E-state index in [1.165, 1.54) is 31.2 Å². The van der Waals surface area contributed by atoms with Gasteiger partial charge >= 0.3 is 29.7 Å². The van der Waals surface area contributed by atoms with Crippen molar-refractivity contribution in [1.82, 2.24) is 4.72 Å². The van der Waals surface area contributed by atoms with Crippen molar-refractivity contribution in [2.45, 2.75) is 81.7 Å². The quantitative estimate of drug-likeness (QED) is 0.349. The Morgan fingerprint density at radius 3 is 2.14 bits per heavy atom. The maximum Gasteiger partial charge on any atom is 0.383 e. The van der Waals surface area contributed by atoms with Crippen LogP contribution in [0.5, 0.6) is 0 Å². The first-order valence-corrected chi connectivity index (χ1v) is 12.7. The number of hydrogen-bond donors (Lipinski definition) is 1. The Bertz CT molecular complexity index is 1130. The Morgan fingerprint density at radius 2 is 1.68 bits per heavy atom. The lowest BCUT2D eigenvalue weighted by atomic mass is 9.78. The highest BCUT2D eigenvalue weighted by atomic mass is 32.2. The number of hydrogen-bond acceptors (Lipinski definition) is 11. The standard InChI is InChI=1S/C23H30FNO11S/c1-7-17(33-13(2)26)22(5)20(25-37(30,31)16-11-9-8-10-12-16)18(34-14(3)27)19(24)23(36-22,21(29)32-6)35-15(4)28/h8-12,17-20,25H,7H2,1-6H3/t17-,18-,19?,20-,22-,23-/m1/s1. The van der Waals surface area contributed by atoms with Gasteiger partial charge in [-0.15, -0.1) is 0 Å². The number of halogens is 1. The van der Waals surface area contributed by atoms with Crippen molar-refractivity contribution in [3.05, 3.63) is 30.3 Å². The van der Waals surface area contributed by atoms with E-state index in [1.807, 2.05) is 0 Å². The summed E-state index contributed by atoms with van der Waals surface area (Å²) in [5.74, 6) is -7.69. The van der Waals surface area contributed by atoms with E-state index in [-0.39, 0.29) is 11.3 Å².